The van der Waals surface area contributed by atoms with Crippen molar-refractivity contribution in [2.75, 3.05) is 0 Å². The summed E-state index contributed by atoms with van der Waals surface area (Å²) in [5.41, 5.74) is 4.25. The van der Waals surface area contributed by atoms with E-state index in [4.69, 9.17) is 11.6 Å². The molecule has 84 valence electrons. The molecule has 0 saturated heterocycles. The summed E-state index contributed by atoms with van der Waals surface area (Å²) in [4.78, 5) is 11.4. The van der Waals surface area contributed by atoms with Crippen LogP contribution in [0, 0.1) is 5.92 Å². The van der Waals surface area contributed by atoms with Gasteiger partial charge in [-0.3, -0.25) is 4.79 Å². The third kappa shape index (κ3) is 2.83. The van der Waals surface area contributed by atoms with Gasteiger partial charge in [-0.15, -0.1) is 0 Å². The molecule has 0 atom stereocenters. The predicted molar refractivity (Wildman–Crippen MR) is 64.5 cm³/mol. The molecule has 0 radical (unpaired) electrons. The van der Waals surface area contributed by atoms with Gasteiger partial charge in [-0.25, -0.2) is 5.43 Å². The fraction of sp³-hybridized carbons (Fsp3) is 0.333. The molecular weight excluding hydrogens is 224 g/mol. The van der Waals surface area contributed by atoms with E-state index in [0.717, 1.165) is 24.1 Å². The molecule has 1 fully saturated rings. The van der Waals surface area contributed by atoms with Crippen molar-refractivity contribution >= 4 is 23.2 Å². The van der Waals surface area contributed by atoms with Crippen LogP contribution in [0.4, 0.5) is 0 Å². The Kier molecular flexibility index (Phi) is 3.25. The Morgan fingerprint density at radius 2 is 2.25 bits per heavy atom. The van der Waals surface area contributed by atoms with E-state index in [-0.39, 0.29) is 11.8 Å². The smallest absolute Gasteiger partial charge is 0.243 e. The molecular formula is C12H13ClN2O. The van der Waals surface area contributed by atoms with E-state index in [1.165, 1.54) is 0 Å². The number of nitrogens with one attached hydrogen (secondary N) is 1. The quantitative estimate of drug-likeness (QED) is 0.636. The first-order valence-electron chi connectivity index (χ1n) is 5.27. The molecule has 0 spiro atoms. The number of hydrogen-bond acceptors (Lipinski definition) is 2. The maximum atomic E-state index is 11.4. The Balaban J connectivity index is 2.02. The third-order valence-corrected chi connectivity index (χ3v) is 2.76. The SMILES string of the molecule is C/C(=N/NC(=O)C1CC1)c1cccc(Cl)c1. The first-order valence-corrected chi connectivity index (χ1v) is 5.64. The zero-order valence-electron chi connectivity index (χ0n) is 9.03. The summed E-state index contributed by atoms with van der Waals surface area (Å²) in [5, 5.41) is 4.72. The number of rotatable bonds is 3. The number of carbonyl (C=O) groups is 1. The van der Waals surface area contributed by atoms with Crippen LogP contribution in [0.5, 0.6) is 0 Å². The highest BCUT2D eigenvalue weighted by molar-refractivity contribution is 6.31. The highest BCUT2D eigenvalue weighted by Gasteiger charge is 2.29. The number of carbonyl (C=O) groups excluding carboxylic acids is 1. The van der Waals surface area contributed by atoms with Crippen molar-refractivity contribution < 1.29 is 4.79 Å². The maximum absolute atomic E-state index is 11.4. The third-order valence-electron chi connectivity index (χ3n) is 2.52. The van der Waals surface area contributed by atoms with Gasteiger partial charge in [0.15, 0.2) is 0 Å². The number of halogens is 1. The molecule has 3 nitrogen and oxygen atoms in total. The molecule has 1 N–H and O–H groups in total. The van der Waals surface area contributed by atoms with Crippen molar-refractivity contribution in [3.05, 3.63) is 34.9 Å². The van der Waals surface area contributed by atoms with Crippen LogP contribution in [0.15, 0.2) is 29.4 Å². The van der Waals surface area contributed by atoms with Crippen molar-refractivity contribution in [3.63, 3.8) is 0 Å². The van der Waals surface area contributed by atoms with Gasteiger partial charge in [0, 0.05) is 10.9 Å². The van der Waals surface area contributed by atoms with Gasteiger partial charge < -0.3 is 0 Å². The molecule has 4 heteroatoms. The Hall–Kier alpha value is -1.35. The lowest BCUT2D eigenvalue weighted by Crippen LogP contribution is -2.20. The van der Waals surface area contributed by atoms with Crippen LogP contribution in [0.25, 0.3) is 0 Å². The molecule has 0 bridgehead atoms. The normalized spacial score (nSPS) is 16.0. The molecule has 1 aliphatic carbocycles. The summed E-state index contributed by atoms with van der Waals surface area (Å²) in [7, 11) is 0. The molecule has 1 aromatic rings. The second kappa shape index (κ2) is 4.66. The monoisotopic (exact) mass is 236 g/mol. The average molecular weight is 237 g/mol. The molecule has 0 aromatic heterocycles. The highest BCUT2D eigenvalue weighted by Crippen LogP contribution is 2.28. The van der Waals surface area contributed by atoms with Crippen molar-refractivity contribution in [1.29, 1.82) is 0 Å². The topological polar surface area (TPSA) is 41.5 Å². The summed E-state index contributed by atoms with van der Waals surface area (Å²) in [6, 6.07) is 7.40. The molecule has 0 unspecified atom stereocenters. The molecule has 1 saturated carbocycles. The van der Waals surface area contributed by atoms with Crippen molar-refractivity contribution in [2.24, 2.45) is 11.0 Å². The Morgan fingerprint density at radius 3 is 2.88 bits per heavy atom. The molecule has 2 rings (SSSR count). The molecule has 0 aliphatic heterocycles. The minimum absolute atomic E-state index is 0.0152. The van der Waals surface area contributed by atoms with E-state index < -0.39 is 0 Å². The molecule has 0 heterocycles. The van der Waals surface area contributed by atoms with Gasteiger partial charge in [0.05, 0.1) is 5.71 Å². The van der Waals surface area contributed by atoms with Crippen LogP contribution in [-0.4, -0.2) is 11.6 Å². The lowest BCUT2D eigenvalue weighted by Gasteiger charge is -2.02. The lowest BCUT2D eigenvalue weighted by molar-refractivity contribution is -0.122. The first kappa shape index (κ1) is 11.1. The van der Waals surface area contributed by atoms with Crippen LogP contribution in [0.3, 0.4) is 0 Å². The Bertz CT molecular complexity index is 438. The summed E-state index contributed by atoms with van der Waals surface area (Å²) in [6.07, 6.45) is 1.97. The van der Waals surface area contributed by atoms with Crippen LogP contribution in [0.1, 0.15) is 25.3 Å². The van der Waals surface area contributed by atoms with Gasteiger partial charge in [0.1, 0.15) is 0 Å². The number of benzene rings is 1. The van der Waals surface area contributed by atoms with Crippen LogP contribution in [-0.2, 0) is 4.79 Å². The predicted octanol–water partition coefficient (Wildman–Crippen LogP) is 2.59. The van der Waals surface area contributed by atoms with Crippen LogP contribution < -0.4 is 5.43 Å². The molecule has 1 amide bonds. The van der Waals surface area contributed by atoms with Gasteiger partial charge in [-0.2, -0.15) is 5.10 Å². The second-order valence-corrected chi connectivity index (χ2v) is 4.39. The fourth-order valence-corrected chi connectivity index (χ4v) is 1.54. The van der Waals surface area contributed by atoms with E-state index in [1.807, 2.05) is 25.1 Å². The minimum Gasteiger partial charge on any atom is -0.273 e. The number of nitrogens with zero attached hydrogens (tertiary/aromatic N) is 1. The lowest BCUT2D eigenvalue weighted by atomic mass is 10.1. The van der Waals surface area contributed by atoms with Crippen LogP contribution >= 0.6 is 11.6 Å². The van der Waals surface area contributed by atoms with E-state index in [2.05, 4.69) is 10.5 Å². The minimum atomic E-state index is 0.0152. The van der Waals surface area contributed by atoms with Gasteiger partial charge in [-0.1, -0.05) is 23.7 Å². The number of hydrogen-bond donors (Lipinski definition) is 1. The van der Waals surface area contributed by atoms with Gasteiger partial charge >= 0.3 is 0 Å². The van der Waals surface area contributed by atoms with Gasteiger partial charge in [-0.05, 0) is 37.5 Å². The standard InChI is InChI=1S/C12H13ClN2O/c1-8(10-3-2-4-11(13)7-10)14-15-12(16)9-5-6-9/h2-4,7,9H,5-6H2,1H3,(H,15,16)/b14-8-. The highest BCUT2D eigenvalue weighted by atomic mass is 35.5. The van der Waals surface area contributed by atoms with Crippen molar-refractivity contribution in [1.82, 2.24) is 5.43 Å². The Morgan fingerprint density at radius 1 is 1.50 bits per heavy atom. The summed E-state index contributed by atoms with van der Waals surface area (Å²) < 4.78 is 0. The van der Waals surface area contributed by atoms with E-state index in [1.54, 1.807) is 6.07 Å². The first-order chi connectivity index (χ1) is 7.66. The number of amides is 1. The second-order valence-electron chi connectivity index (χ2n) is 3.96. The zero-order valence-corrected chi connectivity index (χ0v) is 9.79. The largest absolute Gasteiger partial charge is 0.273 e. The van der Waals surface area contributed by atoms with Crippen LogP contribution in [0.2, 0.25) is 5.02 Å². The van der Waals surface area contributed by atoms with E-state index in [0.29, 0.717) is 5.02 Å². The van der Waals surface area contributed by atoms with Crippen molar-refractivity contribution in [3.8, 4) is 0 Å². The van der Waals surface area contributed by atoms with E-state index >= 15 is 0 Å². The summed E-state index contributed by atoms with van der Waals surface area (Å²) >= 11 is 5.87. The molecule has 16 heavy (non-hydrogen) atoms. The maximum Gasteiger partial charge on any atom is 0.243 e. The van der Waals surface area contributed by atoms with Gasteiger partial charge in [0.25, 0.3) is 0 Å². The fourth-order valence-electron chi connectivity index (χ4n) is 1.35. The van der Waals surface area contributed by atoms with Crippen molar-refractivity contribution in [2.45, 2.75) is 19.8 Å². The Labute approximate surface area is 99.5 Å². The zero-order chi connectivity index (χ0) is 11.5. The van der Waals surface area contributed by atoms with E-state index in [9.17, 15) is 4.79 Å². The molecule has 1 aromatic carbocycles. The molecule has 1 aliphatic rings. The summed E-state index contributed by atoms with van der Waals surface area (Å²) in [5.74, 6) is 0.192. The number of hydrazone groups is 1. The van der Waals surface area contributed by atoms with Gasteiger partial charge in [0.2, 0.25) is 5.91 Å². The average Bonchev–Trinajstić information content (AvgIpc) is 3.09. The summed E-state index contributed by atoms with van der Waals surface area (Å²) in [6.45, 7) is 1.85.